The summed E-state index contributed by atoms with van der Waals surface area (Å²) in [4.78, 5) is 54.1. The molecule has 1 aromatic carbocycles. The van der Waals surface area contributed by atoms with Gasteiger partial charge in [0, 0.05) is 37.2 Å². The van der Waals surface area contributed by atoms with Gasteiger partial charge in [0.05, 0.1) is 6.54 Å². The Morgan fingerprint density at radius 3 is 2.39 bits per heavy atom. The molecule has 0 bridgehead atoms. The summed E-state index contributed by atoms with van der Waals surface area (Å²) in [5, 5.41) is 10.3. The lowest BCUT2D eigenvalue weighted by molar-refractivity contribution is -0.136. The third-order valence-electron chi connectivity index (χ3n) is 9.06. The van der Waals surface area contributed by atoms with Crippen LogP contribution in [0.25, 0.3) is 0 Å². The van der Waals surface area contributed by atoms with Crippen molar-refractivity contribution in [1.29, 1.82) is 0 Å². The molecule has 0 spiro atoms. The second-order valence-corrected chi connectivity index (χ2v) is 11.5. The average molecular weight is 564 g/mol. The van der Waals surface area contributed by atoms with E-state index in [-0.39, 0.29) is 48.6 Å². The van der Waals surface area contributed by atoms with E-state index in [2.05, 4.69) is 25.3 Å². The number of anilines is 1. The van der Waals surface area contributed by atoms with Crippen LogP contribution in [0.3, 0.4) is 0 Å². The first-order chi connectivity index (χ1) is 19.8. The number of halogens is 1. The molecule has 6 rings (SSSR count). The van der Waals surface area contributed by atoms with Crippen LogP contribution in [-0.4, -0.2) is 82.4 Å². The van der Waals surface area contributed by atoms with Crippen molar-refractivity contribution in [3.63, 3.8) is 0 Å². The van der Waals surface area contributed by atoms with Gasteiger partial charge in [-0.2, -0.15) is 0 Å². The molecule has 4 aliphatic heterocycles. The van der Waals surface area contributed by atoms with Crippen LogP contribution in [0.4, 0.5) is 10.2 Å². The highest BCUT2D eigenvalue weighted by molar-refractivity contribution is 6.05. The molecule has 5 heterocycles. The van der Waals surface area contributed by atoms with E-state index >= 15 is 4.39 Å². The number of fused-ring (bicyclic) bond motifs is 1. The maximum atomic E-state index is 15.8. The summed E-state index contributed by atoms with van der Waals surface area (Å²) in [6.45, 7) is 4.60. The third-order valence-corrected chi connectivity index (χ3v) is 9.06. The highest BCUT2D eigenvalue weighted by Crippen LogP contribution is 2.36. The van der Waals surface area contributed by atoms with Crippen molar-refractivity contribution in [3.05, 3.63) is 52.5 Å². The van der Waals surface area contributed by atoms with Gasteiger partial charge in [-0.25, -0.2) is 4.39 Å². The predicted octanol–water partition coefficient (Wildman–Crippen LogP) is 1.57. The zero-order chi connectivity index (χ0) is 28.7. The molecule has 0 saturated carbocycles. The summed E-state index contributed by atoms with van der Waals surface area (Å²) in [5.74, 6) is -0.692. The maximum Gasteiger partial charge on any atom is 0.269 e. The molecule has 1 unspecified atom stereocenters. The topological polar surface area (TPSA) is 142 Å². The van der Waals surface area contributed by atoms with E-state index in [1.165, 1.54) is 4.90 Å². The van der Waals surface area contributed by atoms with E-state index in [1.54, 1.807) is 24.3 Å². The standard InChI is InChI=1S/C29H34FN7O4/c30-26-19(1-2-20-21(26)16-37(29(20)41)23-4-6-25(38)32-28(23)40)18-9-11-35(12-10-18)15-17-7-13-36(14-8-17)24-5-3-22(27(31)39)33-34-24/h1-3,5,17-18,23H,4,6-16H2,(H2,31,39)(H,32,38,40). The molecule has 41 heavy (non-hydrogen) atoms. The number of rotatable bonds is 6. The minimum Gasteiger partial charge on any atom is -0.364 e. The molecule has 1 aromatic heterocycles. The van der Waals surface area contributed by atoms with Crippen molar-refractivity contribution in [2.24, 2.45) is 11.7 Å². The summed E-state index contributed by atoms with van der Waals surface area (Å²) < 4.78 is 15.8. The number of benzene rings is 1. The minimum absolute atomic E-state index is 0.0541. The zero-order valence-electron chi connectivity index (χ0n) is 22.9. The number of piperidine rings is 3. The molecule has 4 amide bonds. The third kappa shape index (κ3) is 5.40. The lowest BCUT2D eigenvalue weighted by Crippen LogP contribution is -2.52. The Hall–Kier alpha value is -3.93. The normalized spacial score (nSPS) is 22.7. The molecular formula is C29H34FN7O4. The molecule has 2 aromatic rings. The number of carbonyl (C=O) groups is 4. The molecule has 3 fully saturated rings. The number of imide groups is 1. The van der Waals surface area contributed by atoms with Gasteiger partial charge >= 0.3 is 0 Å². The maximum absolute atomic E-state index is 15.8. The molecule has 11 nitrogen and oxygen atoms in total. The van der Waals surface area contributed by atoms with E-state index < -0.39 is 17.9 Å². The number of aromatic nitrogens is 2. The molecule has 216 valence electrons. The second-order valence-electron chi connectivity index (χ2n) is 11.5. The smallest absolute Gasteiger partial charge is 0.269 e. The fourth-order valence-corrected chi connectivity index (χ4v) is 6.70. The van der Waals surface area contributed by atoms with Gasteiger partial charge in [-0.15, -0.1) is 10.2 Å². The molecular weight excluding hydrogens is 529 g/mol. The molecule has 12 heteroatoms. The number of likely N-dealkylation sites (tertiary alicyclic amines) is 1. The number of hydrogen-bond acceptors (Lipinski definition) is 8. The van der Waals surface area contributed by atoms with Gasteiger partial charge in [0.1, 0.15) is 11.9 Å². The van der Waals surface area contributed by atoms with Gasteiger partial charge in [-0.3, -0.25) is 24.5 Å². The van der Waals surface area contributed by atoms with E-state index in [9.17, 15) is 19.2 Å². The number of primary amides is 1. The minimum atomic E-state index is -0.749. The van der Waals surface area contributed by atoms with Gasteiger partial charge < -0.3 is 20.4 Å². The van der Waals surface area contributed by atoms with Crippen LogP contribution in [0.1, 0.15) is 76.4 Å². The molecule has 3 N–H and O–H groups in total. The lowest BCUT2D eigenvalue weighted by atomic mass is 9.86. The number of nitrogens with two attached hydrogens (primary N) is 1. The van der Waals surface area contributed by atoms with Crippen LogP contribution in [-0.2, 0) is 16.1 Å². The van der Waals surface area contributed by atoms with Crippen molar-refractivity contribution in [2.75, 3.05) is 37.6 Å². The van der Waals surface area contributed by atoms with Crippen LogP contribution >= 0.6 is 0 Å². The summed E-state index contributed by atoms with van der Waals surface area (Å²) in [6.07, 6.45) is 4.20. The van der Waals surface area contributed by atoms with Gasteiger partial charge in [0.25, 0.3) is 11.8 Å². The van der Waals surface area contributed by atoms with Gasteiger partial charge in [0.15, 0.2) is 11.5 Å². The monoisotopic (exact) mass is 563 g/mol. The van der Waals surface area contributed by atoms with E-state index in [0.717, 1.165) is 64.2 Å². The number of amides is 4. The van der Waals surface area contributed by atoms with Gasteiger partial charge in [-0.1, -0.05) is 6.07 Å². The van der Waals surface area contributed by atoms with Crippen LogP contribution in [0.5, 0.6) is 0 Å². The quantitative estimate of drug-likeness (QED) is 0.505. The number of hydrogen-bond donors (Lipinski definition) is 2. The summed E-state index contributed by atoms with van der Waals surface area (Å²) in [6, 6.07) is 6.10. The Morgan fingerprint density at radius 1 is 0.976 bits per heavy atom. The largest absolute Gasteiger partial charge is 0.364 e. The van der Waals surface area contributed by atoms with E-state index in [1.807, 2.05) is 0 Å². The Labute approximate surface area is 237 Å². The first-order valence-corrected chi connectivity index (χ1v) is 14.3. The summed E-state index contributed by atoms with van der Waals surface area (Å²) >= 11 is 0. The van der Waals surface area contributed by atoms with Crippen molar-refractivity contribution >= 4 is 29.4 Å². The summed E-state index contributed by atoms with van der Waals surface area (Å²) in [5.41, 5.74) is 6.74. The highest BCUT2D eigenvalue weighted by Gasteiger charge is 2.41. The number of nitrogens with zero attached hydrogens (tertiary/aromatic N) is 5. The molecule has 4 aliphatic rings. The summed E-state index contributed by atoms with van der Waals surface area (Å²) in [7, 11) is 0. The van der Waals surface area contributed by atoms with Crippen molar-refractivity contribution < 1.29 is 23.6 Å². The Balaban J connectivity index is 1.01. The fraction of sp³-hybridized carbons (Fsp3) is 0.517. The van der Waals surface area contributed by atoms with Crippen LogP contribution < -0.4 is 16.0 Å². The molecule has 0 radical (unpaired) electrons. The Morgan fingerprint density at radius 2 is 1.73 bits per heavy atom. The molecule has 3 saturated heterocycles. The SMILES string of the molecule is NC(=O)c1ccc(N2CCC(CN3CCC(c4ccc5c(c4F)CN(C4CCC(=O)NC4=O)C5=O)CC3)CC2)nn1. The first kappa shape index (κ1) is 27.3. The van der Waals surface area contributed by atoms with Crippen LogP contribution in [0.2, 0.25) is 0 Å². The van der Waals surface area contributed by atoms with Gasteiger partial charge in [0.2, 0.25) is 11.8 Å². The number of carbonyl (C=O) groups excluding carboxylic acids is 4. The zero-order valence-corrected chi connectivity index (χ0v) is 22.9. The van der Waals surface area contributed by atoms with Crippen LogP contribution in [0, 0.1) is 11.7 Å². The predicted molar refractivity (Wildman–Crippen MR) is 146 cm³/mol. The van der Waals surface area contributed by atoms with Gasteiger partial charge in [-0.05, 0) is 80.8 Å². The fourth-order valence-electron chi connectivity index (χ4n) is 6.70. The second kappa shape index (κ2) is 11.2. The van der Waals surface area contributed by atoms with Crippen molar-refractivity contribution in [2.45, 2.75) is 57.0 Å². The number of nitrogens with one attached hydrogen (secondary N) is 1. The van der Waals surface area contributed by atoms with Crippen molar-refractivity contribution in [1.82, 2.24) is 25.3 Å². The van der Waals surface area contributed by atoms with E-state index in [4.69, 9.17) is 5.73 Å². The highest BCUT2D eigenvalue weighted by atomic mass is 19.1. The molecule has 0 aliphatic carbocycles. The van der Waals surface area contributed by atoms with E-state index in [0.29, 0.717) is 22.6 Å². The van der Waals surface area contributed by atoms with Crippen LogP contribution in [0.15, 0.2) is 24.3 Å². The molecule has 1 atom stereocenters. The lowest BCUT2D eigenvalue weighted by Gasteiger charge is -2.38. The Kier molecular flexibility index (Phi) is 7.41. The average Bonchev–Trinajstić information content (AvgIpc) is 3.31. The first-order valence-electron chi connectivity index (χ1n) is 14.3. The van der Waals surface area contributed by atoms with Crippen molar-refractivity contribution in [3.8, 4) is 0 Å². The Bertz CT molecular complexity index is 1370.